The molecule has 11 nitrogen and oxygen atoms in total. The standard InChI is InChI=1S/C33H67N7O4/c1-7-39-32(43)26(16-8-12-20-34-2)24-31(42)29(19-11-15-23-37-5)40-33(44)27(17-9-13-21-35-3)25-30(41)28(38-6)18-10-14-22-36-4/h26-29,34-38H,7-25H2,1-6H3,(H,39,43)(H,40,44). The van der Waals surface area contributed by atoms with E-state index in [-0.39, 0.29) is 42.3 Å². The summed E-state index contributed by atoms with van der Waals surface area (Å²) in [7, 11) is 9.41. The number of hydrogen-bond donors (Lipinski definition) is 7. The monoisotopic (exact) mass is 626 g/mol. The van der Waals surface area contributed by atoms with E-state index in [1.54, 1.807) is 7.05 Å². The molecule has 0 radical (unpaired) electrons. The van der Waals surface area contributed by atoms with Crippen LogP contribution in [0.25, 0.3) is 0 Å². The Bertz CT molecular complexity index is 768. The Morgan fingerprint density at radius 2 is 0.886 bits per heavy atom. The summed E-state index contributed by atoms with van der Waals surface area (Å²) in [6.45, 7) is 5.82. The fraction of sp³-hybridized carbons (Fsp3) is 0.879. The summed E-state index contributed by atoms with van der Waals surface area (Å²) in [4.78, 5) is 53.7. The molecule has 0 aromatic heterocycles. The molecule has 4 atom stereocenters. The van der Waals surface area contributed by atoms with Crippen molar-refractivity contribution in [2.24, 2.45) is 11.8 Å². The van der Waals surface area contributed by atoms with Crippen LogP contribution in [0.2, 0.25) is 0 Å². The molecule has 0 aliphatic heterocycles. The number of nitrogens with one attached hydrogen (secondary N) is 7. The molecule has 258 valence electrons. The second-order valence-electron chi connectivity index (χ2n) is 11.9. The molecule has 0 aliphatic carbocycles. The van der Waals surface area contributed by atoms with Gasteiger partial charge >= 0.3 is 0 Å². The molecule has 7 N–H and O–H groups in total. The first-order valence-electron chi connectivity index (χ1n) is 17.2. The van der Waals surface area contributed by atoms with Crippen LogP contribution in [0, 0.1) is 11.8 Å². The Hall–Kier alpha value is -1.92. The van der Waals surface area contributed by atoms with Crippen molar-refractivity contribution in [1.29, 1.82) is 0 Å². The zero-order valence-corrected chi connectivity index (χ0v) is 28.9. The molecule has 4 unspecified atom stereocenters. The molecule has 0 aromatic rings. The zero-order chi connectivity index (χ0) is 33.0. The molecule has 0 spiro atoms. The molecular weight excluding hydrogens is 558 g/mol. The molecule has 11 heteroatoms. The van der Waals surface area contributed by atoms with Gasteiger partial charge in [0.05, 0.1) is 12.1 Å². The van der Waals surface area contributed by atoms with E-state index in [1.807, 2.05) is 35.1 Å². The van der Waals surface area contributed by atoms with Gasteiger partial charge in [-0.25, -0.2) is 0 Å². The Labute approximate surface area is 268 Å². The summed E-state index contributed by atoms with van der Waals surface area (Å²) < 4.78 is 0. The van der Waals surface area contributed by atoms with Gasteiger partial charge in [0.25, 0.3) is 0 Å². The summed E-state index contributed by atoms with van der Waals surface area (Å²) in [5.41, 5.74) is 0. The number of rotatable bonds is 31. The van der Waals surface area contributed by atoms with Crippen molar-refractivity contribution in [2.75, 3.05) is 68.0 Å². The first-order chi connectivity index (χ1) is 21.3. The van der Waals surface area contributed by atoms with Gasteiger partial charge < -0.3 is 37.2 Å². The van der Waals surface area contributed by atoms with Gasteiger partial charge in [-0.05, 0) is 126 Å². The molecule has 0 saturated carbocycles. The minimum atomic E-state index is -0.676. The fourth-order valence-corrected chi connectivity index (χ4v) is 5.50. The van der Waals surface area contributed by atoms with Crippen LogP contribution in [-0.2, 0) is 19.2 Å². The van der Waals surface area contributed by atoms with Crippen molar-refractivity contribution in [3.63, 3.8) is 0 Å². The van der Waals surface area contributed by atoms with Crippen molar-refractivity contribution >= 4 is 23.4 Å². The van der Waals surface area contributed by atoms with Crippen molar-refractivity contribution in [2.45, 2.75) is 109 Å². The highest BCUT2D eigenvalue weighted by Gasteiger charge is 2.31. The molecule has 0 aliphatic rings. The predicted molar refractivity (Wildman–Crippen MR) is 181 cm³/mol. The van der Waals surface area contributed by atoms with Crippen LogP contribution in [0.5, 0.6) is 0 Å². The van der Waals surface area contributed by atoms with E-state index in [2.05, 4.69) is 37.2 Å². The average Bonchev–Trinajstić information content (AvgIpc) is 3.01. The van der Waals surface area contributed by atoms with Gasteiger partial charge in [0.2, 0.25) is 11.8 Å². The molecule has 0 fully saturated rings. The number of unbranched alkanes of at least 4 members (excludes halogenated alkanes) is 4. The summed E-state index contributed by atoms with van der Waals surface area (Å²) in [6.07, 6.45) is 9.74. The second kappa shape index (κ2) is 28.5. The maximum Gasteiger partial charge on any atom is 0.224 e. The number of carbonyl (C=O) groups is 4. The third kappa shape index (κ3) is 20.2. The minimum Gasteiger partial charge on any atom is -0.356 e. The summed E-state index contributed by atoms with van der Waals surface area (Å²) in [6, 6.07) is -0.968. The highest BCUT2D eigenvalue weighted by Crippen LogP contribution is 2.20. The van der Waals surface area contributed by atoms with Gasteiger partial charge in [-0.15, -0.1) is 0 Å². The van der Waals surface area contributed by atoms with E-state index in [1.165, 1.54) is 0 Å². The minimum absolute atomic E-state index is 0.0421. The Balaban J connectivity index is 5.75. The van der Waals surface area contributed by atoms with Crippen LogP contribution in [0.4, 0.5) is 0 Å². The molecule has 0 bridgehead atoms. The van der Waals surface area contributed by atoms with Crippen molar-refractivity contribution in [1.82, 2.24) is 37.2 Å². The quantitative estimate of drug-likeness (QED) is 0.0573. The third-order valence-electron chi connectivity index (χ3n) is 8.23. The molecule has 2 amide bonds. The van der Waals surface area contributed by atoms with Gasteiger partial charge in [0, 0.05) is 31.2 Å². The summed E-state index contributed by atoms with van der Waals surface area (Å²) in [5, 5.41) is 21.6. The summed E-state index contributed by atoms with van der Waals surface area (Å²) >= 11 is 0. The smallest absolute Gasteiger partial charge is 0.224 e. The lowest BCUT2D eigenvalue weighted by Gasteiger charge is -2.25. The van der Waals surface area contributed by atoms with Crippen LogP contribution in [0.15, 0.2) is 0 Å². The molecule has 0 saturated heterocycles. The van der Waals surface area contributed by atoms with Crippen LogP contribution in [0.1, 0.15) is 96.8 Å². The number of carbonyl (C=O) groups excluding carboxylic acids is 4. The maximum absolute atomic E-state index is 13.8. The Morgan fingerprint density at radius 3 is 1.30 bits per heavy atom. The topological polar surface area (TPSA) is 152 Å². The zero-order valence-electron chi connectivity index (χ0n) is 28.9. The van der Waals surface area contributed by atoms with Crippen LogP contribution >= 0.6 is 0 Å². The number of Topliss-reactive ketones (excluding diaryl/α,β-unsaturated/α-hetero) is 2. The SMILES string of the molecule is CCNC(=O)C(CCCCNC)CC(=O)C(CCCCNC)NC(=O)C(CCCCNC)CC(=O)C(CCCCNC)NC. The molecule has 44 heavy (non-hydrogen) atoms. The van der Waals surface area contributed by atoms with Crippen LogP contribution in [0.3, 0.4) is 0 Å². The van der Waals surface area contributed by atoms with Gasteiger partial charge in [-0.3, -0.25) is 19.2 Å². The van der Waals surface area contributed by atoms with Gasteiger partial charge in [0.15, 0.2) is 11.6 Å². The largest absolute Gasteiger partial charge is 0.356 e. The van der Waals surface area contributed by atoms with E-state index in [0.29, 0.717) is 25.8 Å². The molecule has 0 rings (SSSR count). The van der Waals surface area contributed by atoms with Gasteiger partial charge in [0.1, 0.15) is 0 Å². The highest BCUT2D eigenvalue weighted by molar-refractivity contribution is 5.94. The lowest BCUT2D eigenvalue weighted by molar-refractivity contribution is -0.134. The van der Waals surface area contributed by atoms with E-state index >= 15 is 0 Å². The van der Waals surface area contributed by atoms with Crippen molar-refractivity contribution < 1.29 is 19.2 Å². The first kappa shape index (κ1) is 42.1. The molecule has 0 aromatic carbocycles. The maximum atomic E-state index is 13.8. The number of hydrogen-bond acceptors (Lipinski definition) is 9. The number of likely N-dealkylation sites (N-methyl/N-ethyl adjacent to an activating group) is 1. The van der Waals surface area contributed by atoms with Crippen LogP contribution < -0.4 is 37.2 Å². The van der Waals surface area contributed by atoms with E-state index in [9.17, 15) is 19.2 Å². The molecule has 0 heterocycles. The first-order valence-corrected chi connectivity index (χ1v) is 17.2. The van der Waals surface area contributed by atoms with Gasteiger partial charge in [-0.2, -0.15) is 0 Å². The third-order valence-corrected chi connectivity index (χ3v) is 8.23. The predicted octanol–water partition coefficient (Wildman–Crippen LogP) is 1.90. The second-order valence-corrected chi connectivity index (χ2v) is 11.9. The summed E-state index contributed by atoms with van der Waals surface area (Å²) in [5.74, 6) is -1.32. The van der Waals surface area contributed by atoms with Crippen molar-refractivity contribution in [3.05, 3.63) is 0 Å². The van der Waals surface area contributed by atoms with Crippen molar-refractivity contribution in [3.8, 4) is 0 Å². The Morgan fingerprint density at radius 1 is 0.500 bits per heavy atom. The van der Waals surface area contributed by atoms with Crippen LogP contribution in [-0.4, -0.2) is 103 Å². The van der Waals surface area contributed by atoms with E-state index < -0.39 is 17.9 Å². The lowest BCUT2D eigenvalue weighted by atomic mass is 9.89. The van der Waals surface area contributed by atoms with Gasteiger partial charge in [-0.1, -0.05) is 19.3 Å². The fourth-order valence-electron chi connectivity index (χ4n) is 5.50. The number of amides is 2. The highest BCUT2D eigenvalue weighted by atomic mass is 16.2. The average molecular weight is 626 g/mol. The van der Waals surface area contributed by atoms with E-state index in [0.717, 1.165) is 84.0 Å². The number of ketones is 2. The van der Waals surface area contributed by atoms with E-state index in [4.69, 9.17) is 0 Å². The normalized spacial score (nSPS) is 14.0. The Kier molecular flexibility index (Phi) is 27.3. The lowest BCUT2D eigenvalue weighted by Crippen LogP contribution is -2.46. The molecular formula is C33H67N7O4.